The van der Waals surface area contributed by atoms with Gasteiger partial charge in [-0.1, -0.05) is 96.5 Å². The third-order valence-corrected chi connectivity index (χ3v) is 5.32. The highest BCUT2D eigenvalue weighted by atomic mass is 35.5. The third kappa shape index (κ3) is 2.89. The van der Waals surface area contributed by atoms with Crippen molar-refractivity contribution in [2.45, 2.75) is 0 Å². The lowest BCUT2D eigenvalue weighted by molar-refractivity contribution is 1.62. The van der Waals surface area contributed by atoms with Crippen molar-refractivity contribution in [3.05, 3.63) is 108 Å². The van der Waals surface area contributed by atoms with Gasteiger partial charge in [0.05, 0.1) is 0 Å². The summed E-state index contributed by atoms with van der Waals surface area (Å²) < 4.78 is 0. The summed E-state index contributed by atoms with van der Waals surface area (Å²) in [5.74, 6) is 0. The molecule has 5 rings (SSSR count). The van der Waals surface area contributed by atoms with Crippen molar-refractivity contribution in [1.29, 1.82) is 0 Å². The van der Waals surface area contributed by atoms with Crippen LogP contribution < -0.4 is 0 Å². The Morgan fingerprint density at radius 3 is 1.41 bits per heavy atom. The standard InChI is InChI=1S/C26H17Cl/c27-22-16-20(25-13-5-9-18-7-1-3-11-23(18)25)15-21(17-22)26-14-6-10-19-8-2-4-12-24(19)26/h1-17H. The predicted octanol–water partition coefficient (Wildman–Crippen LogP) is 7.98. The molecule has 0 aromatic heterocycles. The van der Waals surface area contributed by atoms with Gasteiger partial charge in [-0.25, -0.2) is 0 Å². The molecule has 0 aliphatic carbocycles. The summed E-state index contributed by atoms with van der Waals surface area (Å²) in [5.41, 5.74) is 4.69. The summed E-state index contributed by atoms with van der Waals surface area (Å²) in [7, 11) is 0. The number of hydrogen-bond acceptors (Lipinski definition) is 0. The van der Waals surface area contributed by atoms with E-state index >= 15 is 0 Å². The van der Waals surface area contributed by atoms with E-state index in [1.54, 1.807) is 0 Å². The van der Waals surface area contributed by atoms with Crippen molar-refractivity contribution < 1.29 is 0 Å². The minimum Gasteiger partial charge on any atom is -0.0843 e. The lowest BCUT2D eigenvalue weighted by atomic mass is 9.93. The molecule has 0 amide bonds. The number of fused-ring (bicyclic) bond motifs is 2. The molecule has 0 spiro atoms. The van der Waals surface area contributed by atoms with Crippen LogP contribution in [0.25, 0.3) is 43.8 Å². The highest BCUT2D eigenvalue weighted by Crippen LogP contribution is 2.36. The van der Waals surface area contributed by atoms with E-state index in [2.05, 4.69) is 103 Å². The van der Waals surface area contributed by atoms with Crippen LogP contribution in [-0.4, -0.2) is 0 Å². The van der Waals surface area contributed by atoms with Crippen molar-refractivity contribution in [3.63, 3.8) is 0 Å². The van der Waals surface area contributed by atoms with Gasteiger partial charge in [-0.2, -0.15) is 0 Å². The number of benzene rings is 5. The number of halogens is 1. The van der Waals surface area contributed by atoms with Gasteiger partial charge in [0.1, 0.15) is 0 Å². The maximum Gasteiger partial charge on any atom is 0.0418 e. The molecule has 5 aromatic rings. The predicted molar refractivity (Wildman–Crippen MR) is 117 cm³/mol. The van der Waals surface area contributed by atoms with Gasteiger partial charge in [0.2, 0.25) is 0 Å². The largest absolute Gasteiger partial charge is 0.0843 e. The van der Waals surface area contributed by atoms with Crippen LogP contribution in [-0.2, 0) is 0 Å². The lowest BCUT2D eigenvalue weighted by Crippen LogP contribution is -1.86. The van der Waals surface area contributed by atoms with Crippen LogP contribution in [0.5, 0.6) is 0 Å². The second kappa shape index (κ2) is 6.57. The minimum absolute atomic E-state index is 0.753. The van der Waals surface area contributed by atoms with Crippen molar-refractivity contribution in [2.24, 2.45) is 0 Å². The average Bonchev–Trinajstić information content (AvgIpc) is 2.72. The molecule has 0 bridgehead atoms. The quantitative estimate of drug-likeness (QED) is 0.298. The fourth-order valence-electron chi connectivity index (χ4n) is 3.85. The fourth-order valence-corrected chi connectivity index (χ4v) is 4.09. The van der Waals surface area contributed by atoms with Crippen molar-refractivity contribution in [2.75, 3.05) is 0 Å². The van der Waals surface area contributed by atoms with Gasteiger partial charge in [-0.3, -0.25) is 0 Å². The van der Waals surface area contributed by atoms with Gasteiger partial charge in [0, 0.05) is 5.02 Å². The summed E-state index contributed by atoms with van der Waals surface area (Å²) >= 11 is 6.55. The fraction of sp³-hybridized carbons (Fsp3) is 0. The molecule has 1 heteroatoms. The molecule has 0 aliphatic rings. The van der Waals surface area contributed by atoms with E-state index in [-0.39, 0.29) is 0 Å². The second-order valence-electron chi connectivity index (χ2n) is 6.78. The minimum atomic E-state index is 0.753. The molecule has 0 saturated carbocycles. The molecule has 0 heterocycles. The molecule has 0 saturated heterocycles. The van der Waals surface area contributed by atoms with Crippen LogP contribution in [0.1, 0.15) is 0 Å². The highest BCUT2D eigenvalue weighted by molar-refractivity contribution is 6.31. The summed E-state index contributed by atoms with van der Waals surface area (Å²) in [6.07, 6.45) is 0. The smallest absolute Gasteiger partial charge is 0.0418 e. The first-order valence-electron chi connectivity index (χ1n) is 9.06. The zero-order valence-electron chi connectivity index (χ0n) is 14.7. The van der Waals surface area contributed by atoms with Crippen LogP contribution in [0, 0.1) is 0 Å². The van der Waals surface area contributed by atoms with Gasteiger partial charge in [0.25, 0.3) is 0 Å². The second-order valence-corrected chi connectivity index (χ2v) is 7.22. The van der Waals surface area contributed by atoms with Crippen LogP contribution in [0.3, 0.4) is 0 Å². The molecule has 5 aromatic carbocycles. The van der Waals surface area contributed by atoms with E-state index in [1.807, 2.05) is 0 Å². The van der Waals surface area contributed by atoms with Gasteiger partial charge < -0.3 is 0 Å². The van der Waals surface area contributed by atoms with Crippen molar-refractivity contribution in [1.82, 2.24) is 0 Å². The molecule has 0 aliphatic heterocycles. The Hall–Kier alpha value is -3.09. The highest BCUT2D eigenvalue weighted by Gasteiger charge is 2.09. The molecular formula is C26H17Cl. The zero-order chi connectivity index (χ0) is 18.2. The third-order valence-electron chi connectivity index (χ3n) is 5.10. The summed E-state index contributed by atoms with van der Waals surface area (Å²) in [6.45, 7) is 0. The van der Waals surface area contributed by atoms with Crippen LogP contribution in [0.4, 0.5) is 0 Å². The Kier molecular flexibility index (Phi) is 3.92. The maximum absolute atomic E-state index is 6.55. The molecular weight excluding hydrogens is 348 g/mol. The summed E-state index contributed by atoms with van der Waals surface area (Å²) in [6, 6.07) is 36.2. The Morgan fingerprint density at radius 2 is 0.889 bits per heavy atom. The first-order chi connectivity index (χ1) is 13.3. The van der Waals surface area contributed by atoms with Crippen molar-refractivity contribution in [3.8, 4) is 22.3 Å². The van der Waals surface area contributed by atoms with E-state index < -0.39 is 0 Å². The summed E-state index contributed by atoms with van der Waals surface area (Å²) in [4.78, 5) is 0. The first-order valence-corrected chi connectivity index (χ1v) is 9.44. The van der Waals surface area contributed by atoms with Gasteiger partial charge in [0.15, 0.2) is 0 Å². The Labute approximate surface area is 163 Å². The summed E-state index contributed by atoms with van der Waals surface area (Å²) in [5, 5.41) is 5.71. The normalized spacial score (nSPS) is 11.1. The average molecular weight is 365 g/mol. The molecule has 0 radical (unpaired) electrons. The molecule has 0 N–H and O–H groups in total. The topological polar surface area (TPSA) is 0 Å². The van der Waals surface area contributed by atoms with Crippen LogP contribution in [0.15, 0.2) is 103 Å². The Morgan fingerprint density at radius 1 is 0.444 bits per heavy atom. The van der Waals surface area contributed by atoms with E-state index in [1.165, 1.54) is 32.7 Å². The van der Waals surface area contributed by atoms with Gasteiger partial charge >= 0.3 is 0 Å². The van der Waals surface area contributed by atoms with Crippen LogP contribution >= 0.6 is 11.6 Å². The van der Waals surface area contributed by atoms with E-state index in [4.69, 9.17) is 11.6 Å². The molecule has 0 unspecified atom stereocenters. The molecule has 128 valence electrons. The molecule has 0 fully saturated rings. The van der Waals surface area contributed by atoms with Gasteiger partial charge in [-0.15, -0.1) is 0 Å². The zero-order valence-corrected chi connectivity index (χ0v) is 15.4. The van der Waals surface area contributed by atoms with E-state index in [9.17, 15) is 0 Å². The monoisotopic (exact) mass is 364 g/mol. The number of hydrogen-bond donors (Lipinski definition) is 0. The molecule has 27 heavy (non-hydrogen) atoms. The van der Waals surface area contributed by atoms with Gasteiger partial charge in [-0.05, 0) is 62.0 Å². The van der Waals surface area contributed by atoms with Crippen molar-refractivity contribution >= 4 is 33.1 Å². The lowest BCUT2D eigenvalue weighted by Gasteiger charge is -2.12. The maximum atomic E-state index is 6.55. The molecule has 0 nitrogen and oxygen atoms in total. The van der Waals surface area contributed by atoms with Crippen LogP contribution in [0.2, 0.25) is 5.02 Å². The SMILES string of the molecule is Clc1cc(-c2cccc3ccccc23)cc(-c2cccc3ccccc23)c1. The molecule has 0 atom stereocenters. The van der Waals surface area contributed by atoms with E-state index in [0.717, 1.165) is 16.1 Å². The van der Waals surface area contributed by atoms with E-state index in [0.29, 0.717) is 0 Å². The Balaban J connectivity index is 1.76. The Bertz CT molecular complexity index is 1180. The first kappa shape index (κ1) is 16.1. The number of rotatable bonds is 2.